The predicted molar refractivity (Wildman–Crippen MR) is 66.0 cm³/mol. The van der Waals surface area contributed by atoms with E-state index < -0.39 is 17.8 Å². The summed E-state index contributed by atoms with van der Waals surface area (Å²) in [6.07, 6.45) is -0.790. The number of hydrogen-bond donors (Lipinski definition) is 2. The Labute approximate surface area is 107 Å². The number of nitrogens with zero attached hydrogens (tertiary/aromatic N) is 1. The topological polar surface area (TPSA) is 78.9 Å². The molecule has 1 rings (SSSR count). The molecule has 0 saturated carbocycles. The molecule has 0 aliphatic carbocycles. The van der Waals surface area contributed by atoms with Crippen LogP contribution in [-0.4, -0.2) is 52.8 Å². The summed E-state index contributed by atoms with van der Waals surface area (Å²) in [4.78, 5) is 24.6. The number of ether oxygens (including phenoxy) is 1. The third-order valence-corrected chi connectivity index (χ3v) is 2.58. The summed E-state index contributed by atoms with van der Waals surface area (Å²) in [5, 5.41) is 11.9. The van der Waals surface area contributed by atoms with Gasteiger partial charge in [-0.25, -0.2) is 4.79 Å². The van der Waals surface area contributed by atoms with Crippen molar-refractivity contribution in [2.75, 3.05) is 13.1 Å². The Morgan fingerprint density at radius 3 is 2.56 bits per heavy atom. The smallest absolute Gasteiger partial charge is 0.407 e. The van der Waals surface area contributed by atoms with Crippen molar-refractivity contribution in [3.63, 3.8) is 0 Å². The van der Waals surface area contributed by atoms with E-state index in [1.807, 2.05) is 0 Å². The zero-order chi connectivity index (χ0) is 13.9. The molecular formula is C12H22N2O4. The maximum Gasteiger partial charge on any atom is 0.407 e. The Balaban J connectivity index is 2.39. The molecule has 0 aromatic carbocycles. The van der Waals surface area contributed by atoms with Crippen LogP contribution in [0.4, 0.5) is 4.79 Å². The summed E-state index contributed by atoms with van der Waals surface area (Å²) in [6, 6.07) is -0.109. The Hall–Kier alpha value is -1.30. The molecule has 1 heterocycles. The predicted octanol–water partition coefficient (Wildman–Crippen LogP) is 0.493. The van der Waals surface area contributed by atoms with Gasteiger partial charge in [0.05, 0.1) is 6.04 Å². The average Bonchev–Trinajstić information content (AvgIpc) is 2.61. The number of carbonyl (C=O) groups excluding carboxylic acids is 2. The number of aliphatic hydroxyl groups excluding tert-OH is 1. The molecule has 0 radical (unpaired) electrons. The Bertz CT molecular complexity index is 323. The van der Waals surface area contributed by atoms with Gasteiger partial charge in [-0.05, 0) is 34.1 Å². The van der Waals surface area contributed by atoms with Crippen LogP contribution in [0.1, 0.15) is 34.1 Å². The van der Waals surface area contributed by atoms with Crippen LogP contribution in [0, 0.1) is 0 Å². The lowest BCUT2D eigenvalue weighted by molar-refractivity contribution is -0.138. The van der Waals surface area contributed by atoms with Crippen molar-refractivity contribution in [3.8, 4) is 0 Å². The zero-order valence-corrected chi connectivity index (χ0v) is 11.4. The Morgan fingerprint density at radius 2 is 2.06 bits per heavy atom. The molecule has 0 bridgehead atoms. The van der Waals surface area contributed by atoms with E-state index in [0.29, 0.717) is 19.5 Å². The maximum absolute atomic E-state index is 11.5. The molecule has 6 nitrogen and oxygen atoms in total. The molecule has 0 unspecified atom stereocenters. The summed E-state index contributed by atoms with van der Waals surface area (Å²) >= 11 is 0. The van der Waals surface area contributed by atoms with Gasteiger partial charge in [-0.1, -0.05) is 0 Å². The van der Waals surface area contributed by atoms with E-state index in [1.165, 1.54) is 6.92 Å². The fourth-order valence-electron chi connectivity index (χ4n) is 1.82. The first-order chi connectivity index (χ1) is 8.19. The number of carbonyl (C=O) groups is 2. The second-order valence-electron chi connectivity index (χ2n) is 5.59. The number of likely N-dealkylation sites (tertiary alicyclic amines) is 1. The zero-order valence-electron chi connectivity index (χ0n) is 11.4. The highest BCUT2D eigenvalue weighted by Gasteiger charge is 2.30. The Kier molecular flexibility index (Phi) is 4.56. The van der Waals surface area contributed by atoms with E-state index in [9.17, 15) is 14.7 Å². The number of nitrogens with one attached hydrogen (secondary N) is 1. The standard InChI is InChI=1S/C12H22N2O4/c1-8(15)10(16)14-6-5-9(7-14)13-11(17)18-12(2,3)4/h8-9,15H,5-7H2,1-4H3,(H,13,17)/t8-,9-/m1/s1. The average molecular weight is 258 g/mol. The van der Waals surface area contributed by atoms with Crippen LogP contribution < -0.4 is 5.32 Å². The summed E-state index contributed by atoms with van der Waals surface area (Å²) in [5.74, 6) is -0.302. The van der Waals surface area contributed by atoms with E-state index >= 15 is 0 Å². The molecule has 1 saturated heterocycles. The molecule has 2 atom stereocenters. The van der Waals surface area contributed by atoms with Gasteiger partial charge < -0.3 is 20.1 Å². The second kappa shape index (κ2) is 5.56. The molecular weight excluding hydrogens is 236 g/mol. The SMILES string of the molecule is C[C@@H](O)C(=O)N1CC[C@@H](NC(=O)OC(C)(C)C)C1. The van der Waals surface area contributed by atoms with Crippen molar-refractivity contribution in [3.05, 3.63) is 0 Å². The number of aliphatic hydroxyl groups is 1. The highest BCUT2D eigenvalue weighted by molar-refractivity contribution is 5.80. The fraction of sp³-hybridized carbons (Fsp3) is 0.833. The van der Waals surface area contributed by atoms with Crippen LogP contribution in [0.3, 0.4) is 0 Å². The van der Waals surface area contributed by atoms with Crippen LogP contribution >= 0.6 is 0 Å². The summed E-state index contributed by atoms with van der Waals surface area (Å²) in [7, 11) is 0. The van der Waals surface area contributed by atoms with Gasteiger partial charge in [0.2, 0.25) is 0 Å². The summed E-state index contributed by atoms with van der Waals surface area (Å²) in [5.41, 5.74) is -0.530. The second-order valence-corrected chi connectivity index (χ2v) is 5.59. The minimum atomic E-state index is -0.995. The molecule has 0 spiro atoms. The highest BCUT2D eigenvalue weighted by Crippen LogP contribution is 2.12. The van der Waals surface area contributed by atoms with Crippen LogP contribution in [0.2, 0.25) is 0 Å². The van der Waals surface area contributed by atoms with Crippen LogP contribution in [0.15, 0.2) is 0 Å². The molecule has 0 aromatic rings. The minimum absolute atomic E-state index is 0.109. The molecule has 2 amide bonds. The van der Waals surface area contributed by atoms with Crippen molar-refractivity contribution in [2.24, 2.45) is 0 Å². The van der Waals surface area contributed by atoms with E-state index in [0.717, 1.165) is 0 Å². The lowest BCUT2D eigenvalue weighted by Crippen LogP contribution is -2.42. The van der Waals surface area contributed by atoms with Gasteiger partial charge in [0, 0.05) is 13.1 Å². The van der Waals surface area contributed by atoms with E-state index in [-0.39, 0.29) is 11.9 Å². The van der Waals surface area contributed by atoms with Gasteiger partial charge in [0.25, 0.3) is 5.91 Å². The molecule has 0 aromatic heterocycles. The Morgan fingerprint density at radius 1 is 1.44 bits per heavy atom. The molecule has 104 valence electrons. The normalized spacial score (nSPS) is 21.6. The monoisotopic (exact) mass is 258 g/mol. The summed E-state index contributed by atoms with van der Waals surface area (Å²) in [6.45, 7) is 7.80. The largest absolute Gasteiger partial charge is 0.444 e. The first-order valence-corrected chi connectivity index (χ1v) is 6.15. The van der Waals surface area contributed by atoms with Crippen molar-refractivity contribution >= 4 is 12.0 Å². The minimum Gasteiger partial charge on any atom is -0.444 e. The van der Waals surface area contributed by atoms with Crippen molar-refractivity contribution in [2.45, 2.75) is 51.9 Å². The highest BCUT2D eigenvalue weighted by atomic mass is 16.6. The lowest BCUT2D eigenvalue weighted by atomic mass is 10.2. The number of hydrogen-bond acceptors (Lipinski definition) is 4. The van der Waals surface area contributed by atoms with Crippen molar-refractivity contribution in [1.29, 1.82) is 0 Å². The van der Waals surface area contributed by atoms with Gasteiger partial charge in [-0.3, -0.25) is 4.79 Å². The van der Waals surface area contributed by atoms with E-state index in [4.69, 9.17) is 4.74 Å². The van der Waals surface area contributed by atoms with Crippen molar-refractivity contribution < 1.29 is 19.4 Å². The number of rotatable bonds is 2. The molecule has 1 aliphatic heterocycles. The third kappa shape index (κ3) is 4.52. The van der Waals surface area contributed by atoms with E-state index in [2.05, 4.69) is 5.32 Å². The van der Waals surface area contributed by atoms with E-state index in [1.54, 1.807) is 25.7 Å². The number of amides is 2. The van der Waals surface area contributed by atoms with Crippen LogP contribution in [0.5, 0.6) is 0 Å². The van der Waals surface area contributed by atoms with Crippen molar-refractivity contribution in [1.82, 2.24) is 10.2 Å². The van der Waals surface area contributed by atoms with Crippen LogP contribution in [0.25, 0.3) is 0 Å². The molecule has 2 N–H and O–H groups in total. The lowest BCUT2D eigenvalue weighted by Gasteiger charge is -2.22. The summed E-state index contributed by atoms with van der Waals surface area (Å²) < 4.78 is 5.14. The van der Waals surface area contributed by atoms with Gasteiger partial charge >= 0.3 is 6.09 Å². The van der Waals surface area contributed by atoms with Gasteiger partial charge in [-0.2, -0.15) is 0 Å². The van der Waals surface area contributed by atoms with Gasteiger partial charge in [0.15, 0.2) is 0 Å². The van der Waals surface area contributed by atoms with Crippen LogP contribution in [-0.2, 0) is 9.53 Å². The molecule has 18 heavy (non-hydrogen) atoms. The fourth-order valence-corrected chi connectivity index (χ4v) is 1.82. The quantitative estimate of drug-likeness (QED) is 0.755. The third-order valence-electron chi connectivity index (χ3n) is 2.58. The maximum atomic E-state index is 11.5. The molecule has 1 aliphatic rings. The molecule has 6 heteroatoms. The molecule has 1 fully saturated rings. The van der Waals surface area contributed by atoms with Gasteiger partial charge in [0.1, 0.15) is 11.7 Å². The number of alkyl carbamates (subject to hydrolysis) is 1. The van der Waals surface area contributed by atoms with Gasteiger partial charge in [-0.15, -0.1) is 0 Å². The first kappa shape index (κ1) is 14.8. The first-order valence-electron chi connectivity index (χ1n) is 6.15.